The van der Waals surface area contributed by atoms with E-state index in [1.807, 2.05) is 36.4 Å². The topological polar surface area (TPSA) is 70.9 Å². The maximum atomic E-state index is 8.91. The molecule has 0 saturated carbocycles. The number of aromatic nitrogens is 1. The van der Waals surface area contributed by atoms with Gasteiger partial charge >= 0.3 is 0 Å². The van der Waals surface area contributed by atoms with Gasteiger partial charge in [0.1, 0.15) is 10.9 Å². The Morgan fingerprint density at radius 1 is 1.18 bits per heavy atom. The number of pyridine rings is 1. The lowest BCUT2D eigenvalue weighted by Crippen LogP contribution is -1.89. The van der Waals surface area contributed by atoms with Crippen LogP contribution in [0.4, 0.5) is 5.69 Å². The Morgan fingerprint density at radius 3 is 2.64 bits per heavy atom. The van der Waals surface area contributed by atoms with Crippen molar-refractivity contribution in [2.45, 2.75) is 0 Å². The molecule has 3 aromatic rings. The molecule has 0 aliphatic carbocycles. The smallest absolute Gasteiger partial charge is 0.138 e. The van der Waals surface area contributed by atoms with E-state index in [0.717, 1.165) is 10.9 Å². The summed E-state index contributed by atoms with van der Waals surface area (Å²) in [4.78, 5) is 7.34. The normalized spacial score (nSPS) is 10.3. The van der Waals surface area contributed by atoms with Gasteiger partial charge in [0.05, 0.1) is 18.3 Å². The Kier molecular flexibility index (Phi) is 3.83. The second-order valence-corrected chi connectivity index (χ2v) is 4.92. The monoisotopic (exact) mass is 310 g/mol. The van der Waals surface area contributed by atoms with Gasteiger partial charge in [-0.15, -0.1) is 0 Å². The minimum absolute atomic E-state index is 0.286. The molecular formula is C16H11ClN4O. The van der Waals surface area contributed by atoms with E-state index in [0.29, 0.717) is 22.5 Å². The highest BCUT2D eigenvalue weighted by Crippen LogP contribution is 2.41. The maximum Gasteiger partial charge on any atom is 0.138 e. The van der Waals surface area contributed by atoms with E-state index in [2.05, 4.69) is 15.0 Å². The summed E-state index contributed by atoms with van der Waals surface area (Å²) in [6.07, 6.45) is 0. The Hall–Kier alpha value is -2.75. The lowest BCUT2D eigenvalue weighted by Gasteiger charge is -2.12. The first-order chi connectivity index (χ1) is 10.7. The fourth-order valence-electron chi connectivity index (χ4n) is 2.33. The Morgan fingerprint density at radius 2 is 1.95 bits per heavy atom. The van der Waals surface area contributed by atoms with E-state index in [1.54, 1.807) is 19.2 Å². The third kappa shape index (κ3) is 2.44. The van der Waals surface area contributed by atoms with Crippen LogP contribution in [0.2, 0.25) is 5.15 Å². The van der Waals surface area contributed by atoms with Gasteiger partial charge in [0.2, 0.25) is 0 Å². The second kappa shape index (κ2) is 5.93. The lowest BCUT2D eigenvalue weighted by molar-refractivity contribution is 0.415. The quantitative estimate of drug-likeness (QED) is 0.277. The van der Waals surface area contributed by atoms with Crippen LogP contribution in [0.15, 0.2) is 53.6 Å². The van der Waals surface area contributed by atoms with Crippen molar-refractivity contribution >= 4 is 28.2 Å². The predicted molar refractivity (Wildman–Crippen MR) is 87.5 cm³/mol. The highest BCUT2D eigenvalue weighted by Gasteiger charge is 2.15. The van der Waals surface area contributed by atoms with Crippen LogP contribution in [0.25, 0.3) is 32.5 Å². The summed E-state index contributed by atoms with van der Waals surface area (Å²) in [7, 11) is 1.58. The molecule has 108 valence electrons. The van der Waals surface area contributed by atoms with Crippen LogP contribution in [-0.2, 0) is 0 Å². The third-order valence-corrected chi connectivity index (χ3v) is 3.60. The van der Waals surface area contributed by atoms with Crippen LogP contribution in [0.3, 0.4) is 0 Å². The zero-order valence-electron chi connectivity index (χ0n) is 11.7. The summed E-state index contributed by atoms with van der Waals surface area (Å²) < 4.78 is 5.19. The van der Waals surface area contributed by atoms with Crippen LogP contribution in [0.5, 0.6) is 5.75 Å². The van der Waals surface area contributed by atoms with Crippen molar-refractivity contribution in [3.8, 4) is 16.9 Å². The molecule has 1 heterocycles. The van der Waals surface area contributed by atoms with Crippen LogP contribution < -0.4 is 4.74 Å². The molecule has 0 bridgehead atoms. The number of halogens is 1. The van der Waals surface area contributed by atoms with Gasteiger partial charge in [-0.05, 0) is 23.2 Å². The molecule has 0 saturated heterocycles. The molecule has 1 aromatic heterocycles. The average Bonchev–Trinajstić information content (AvgIpc) is 2.55. The molecular weight excluding hydrogens is 300 g/mol. The molecule has 0 spiro atoms. The Bertz CT molecular complexity index is 890. The maximum absolute atomic E-state index is 8.91. The number of rotatable bonds is 3. The summed E-state index contributed by atoms with van der Waals surface area (Å²) >= 11 is 6.34. The first-order valence-electron chi connectivity index (χ1n) is 6.52. The van der Waals surface area contributed by atoms with E-state index >= 15 is 0 Å². The zero-order chi connectivity index (χ0) is 15.5. The Labute approximate surface area is 131 Å². The minimum atomic E-state index is 0.286. The summed E-state index contributed by atoms with van der Waals surface area (Å²) in [5.74, 6) is 0.662. The zero-order valence-corrected chi connectivity index (χ0v) is 12.4. The van der Waals surface area contributed by atoms with Crippen LogP contribution in [0.1, 0.15) is 0 Å². The highest BCUT2D eigenvalue weighted by atomic mass is 35.5. The van der Waals surface area contributed by atoms with Gasteiger partial charge in [0.25, 0.3) is 0 Å². The molecule has 22 heavy (non-hydrogen) atoms. The summed E-state index contributed by atoms with van der Waals surface area (Å²) in [5.41, 5.74) is 11.5. The molecule has 5 nitrogen and oxygen atoms in total. The third-order valence-electron chi connectivity index (χ3n) is 3.33. The first kappa shape index (κ1) is 14.2. The van der Waals surface area contributed by atoms with Gasteiger partial charge in [-0.1, -0.05) is 47.0 Å². The number of azide groups is 1. The van der Waals surface area contributed by atoms with Gasteiger partial charge in [-0.3, -0.25) is 0 Å². The summed E-state index contributed by atoms with van der Waals surface area (Å²) in [6.45, 7) is 0. The fraction of sp³-hybridized carbons (Fsp3) is 0.0625. The van der Waals surface area contributed by atoms with Gasteiger partial charge in [-0.25, -0.2) is 4.98 Å². The van der Waals surface area contributed by atoms with Gasteiger partial charge < -0.3 is 4.74 Å². The van der Waals surface area contributed by atoms with Crippen molar-refractivity contribution in [2.75, 3.05) is 7.11 Å². The molecule has 0 N–H and O–H groups in total. The number of fused-ring (bicyclic) bond motifs is 1. The van der Waals surface area contributed by atoms with Gasteiger partial charge in [-0.2, -0.15) is 0 Å². The van der Waals surface area contributed by atoms with Gasteiger partial charge in [0.15, 0.2) is 0 Å². The van der Waals surface area contributed by atoms with Crippen LogP contribution >= 0.6 is 11.6 Å². The minimum Gasteiger partial charge on any atom is -0.497 e. The summed E-state index contributed by atoms with van der Waals surface area (Å²) in [5, 5.41) is 4.85. The van der Waals surface area contributed by atoms with Crippen molar-refractivity contribution in [3.63, 3.8) is 0 Å². The number of ether oxygens (including phenoxy) is 1. The summed E-state index contributed by atoms with van der Waals surface area (Å²) in [6, 6.07) is 14.9. The lowest BCUT2D eigenvalue weighted by atomic mass is 10.0. The molecule has 0 unspecified atom stereocenters. The number of hydrogen-bond donors (Lipinski definition) is 0. The number of benzene rings is 2. The van der Waals surface area contributed by atoms with Crippen molar-refractivity contribution in [2.24, 2.45) is 5.11 Å². The standard InChI is InChI=1S/C16H11ClN4O/c1-22-11-7-8-12-13(9-11)19-16(17)14(15(12)20-21-18)10-5-3-2-4-6-10/h2-9H,1H3. The van der Waals surface area contributed by atoms with Crippen molar-refractivity contribution in [1.29, 1.82) is 0 Å². The van der Waals surface area contributed by atoms with E-state index < -0.39 is 0 Å². The molecule has 6 heteroatoms. The molecule has 0 aliphatic rings. The molecule has 2 aromatic carbocycles. The van der Waals surface area contributed by atoms with E-state index in [4.69, 9.17) is 21.9 Å². The van der Waals surface area contributed by atoms with E-state index in [1.165, 1.54) is 0 Å². The molecule has 0 fully saturated rings. The molecule has 0 amide bonds. The highest BCUT2D eigenvalue weighted by molar-refractivity contribution is 6.33. The number of nitrogens with zero attached hydrogens (tertiary/aromatic N) is 4. The largest absolute Gasteiger partial charge is 0.497 e. The van der Waals surface area contributed by atoms with E-state index in [-0.39, 0.29) is 5.15 Å². The van der Waals surface area contributed by atoms with Crippen LogP contribution in [-0.4, -0.2) is 12.1 Å². The first-order valence-corrected chi connectivity index (χ1v) is 6.90. The molecule has 3 rings (SSSR count). The predicted octanol–water partition coefficient (Wildman–Crippen LogP) is 5.51. The fourth-order valence-corrected chi connectivity index (χ4v) is 2.62. The SMILES string of the molecule is COc1ccc2c(N=[N+]=[N-])c(-c3ccccc3)c(Cl)nc2c1. The van der Waals surface area contributed by atoms with Crippen LogP contribution in [0, 0.1) is 0 Å². The van der Waals surface area contributed by atoms with Gasteiger partial charge in [0, 0.05) is 21.9 Å². The van der Waals surface area contributed by atoms with Crippen molar-refractivity contribution < 1.29 is 4.74 Å². The molecule has 0 atom stereocenters. The van der Waals surface area contributed by atoms with Crippen molar-refractivity contribution in [3.05, 3.63) is 64.1 Å². The Balaban J connectivity index is 2.39. The average molecular weight is 311 g/mol. The van der Waals surface area contributed by atoms with E-state index in [9.17, 15) is 0 Å². The van der Waals surface area contributed by atoms with Crippen molar-refractivity contribution in [1.82, 2.24) is 4.98 Å². The number of methoxy groups -OCH3 is 1. The molecule has 0 radical (unpaired) electrons. The molecule has 0 aliphatic heterocycles. The number of hydrogen-bond acceptors (Lipinski definition) is 3. The second-order valence-electron chi connectivity index (χ2n) is 4.56.